The van der Waals surface area contributed by atoms with Crippen LogP contribution in [0.15, 0.2) is 12.1 Å². The second-order valence-electron chi connectivity index (χ2n) is 2.46. The SMILES string of the molecule is O.O.[B]c1cc(OC)c(OC)c(OC)c1. The quantitative estimate of drug-likeness (QED) is 0.595. The van der Waals surface area contributed by atoms with Crippen molar-refractivity contribution in [3.8, 4) is 17.2 Å². The number of hydrogen-bond acceptors (Lipinski definition) is 3. The summed E-state index contributed by atoms with van der Waals surface area (Å²) in [5.74, 6) is 1.69. The Morgan fingerprint density at radius 2 is 1.27 bits per heavy atom. The van der Waals surface area contributed by atoms with Crippen LogP contribution in [0.1, 0.15) is 0 Å². The van der Waals surface area contributed by atoms with Gasteiger partial charge in [-0.3, -0.25) is 0 Å². The summed E-state index contributed by atoms with van der Waals surface area (Å²) >= 11 is 0. The van der Waals surface area contributed by atoms with E-state index >= 15 is 0 Å². The van der Waals surface area contributed by atoms with Crippen LogP contribution in [0.25, 0.3) is 0 Å². The van der Waals surface area contributed by atoms with Crippen molar-refractivity contribution in [2.24, 2.45) is 0 Å². The summed E-state index contributed by atoms with van der Waals surface area (Å²) in [6.07, 6.45) is 0. The highest BCUT2D eigenvalue weighted by atomic mass is 16.5. The largest absolute Gasteiger partial charge is 0.493 e. The molecule has 0 saturated carbocycles. The molecule has 5 nitrogen and oxygen atoms in total. The zero-order chi connectivity index (χ0) is 9.84. The Labute approximate surface area is 90.0 Å². The van der Waals surface area contributed by atoms with E-state index in [0.717, 1.165) is 0 Å². The first-order valence-corrected chi connectivity index (χ1v) is 3.78. The topological polar surface area (TPSA) is 90.7 Å². The lowest BCUT2D eigenvalue weighted by molar-refractivity contribution is 0.325. The molecule has 0 aliphatic heterocycles. The van der Waals surface area contributed by atoms with Gasteiger partial charge in [-0.2, -0.15) is 0 Å². The summed E-state index contributed by atoms with van der Waals surface area (Å²) in [5, 5.41) is 0. The van der Waals surface area contributed by atoms with Gasteiger partial charge in [-0.1, -0.05) is 5.46 Å². The fourth-order valence-electron chi connectivity index (χ4n) is 1.10. The number of benzene rings is 1. The fraction of sp³-hybridized carbons (Fsp3) is 0.333. The van der Waals surface area contributed by atoms with Crippen molar-refractivity contribution in [3.05, 3.63) is 12.1 Å². The maximum Gasteiger partial charge on any atom is 0.203 e. The van der Waals surface area contributed by atoms with Crippen LogP contribution in [0.4, 0.5) is 0 Å². The Morgan fingerprint density at radius 1 is 0.867 bits per heavy atom. The molecule has 0 saturated heterocycles. The predicted octanol–water partition coefficient (Wildman–Crippen LogP) is -1.14. The first kappa shape index (κ1) is 16.1. The molecule has 1 rings (SSSR count). The first-order chi connectivity index (χ1) is 6.22. The van der Waals surface area contributed by atoms with Crippen LogP contribution in [0, 0.1) is 0 Å². The van der Waals surface area contributed by atoms with Crippen LogP contribution in [-0.4, -0.2) is 40.1 Å². The molecule has 0 aromatic heterocycles. The van der Waals surface area contributed by atoms with Crippen molar-refractivity contribution in [3.63, 3.8) is 0 Å². The van der Waals surface area contributed by atoms with E-state index in [4.69, 9.17) is 22.1 Å². The summed E-state index contributed by atoms with van der Waals surface area (Å²) in [7, 11) is 10.3. The fourth-order valence-corrected chi connectivity index (χ4v) is 1.10. The third kappa shape index (κ3) is 3.34. The van der Waals surface area contributed by atoms with E-state index in [0.29, 0.717) is 22.7 Å². The summed E-state index contributed by atoms with van der Waals surface area (Å²) < 4.78 is 15.3. The normalized spacial score (nSPS) is 8.20. The number of rotatable bonds is 3. The molecule has 0 bridgehead atoms. The Balaban J connectivity index is 0. The molecule has 15 heavy (non-hydrogen) atoms. The number of hydrogen-bond donors (Lipinski definition) is 0. The second-order valence-corrected chi connectivity index (χ2v) is 2.46. The lowest BCUT2D eigenvalue weighted by atomic mass is 9.95. The minimum absolute atomic E-state index is 0. The van der Waals surface area contributed by atoms with E-state index in [1.807, 2.05) is 0 Å². The van der Waals surface area contributed by atoms with Gasteiger partial charge in [-0.25, -0.2) is 0 Å². The summed E-state index contributed by atoms with van der Waals surface area (Å²) in [4.78, 5) is 0. The average Bonchev–Trinajstić information content (AvgIpc) is 2.16. The molecule has 0 heterocycles. The molecular formula is C9H15BO5. The molecule has 0 amide bonds. The van der Waals surface area contributed by atoms with Crippen molar-refractivity contribution >= 4 is 13.3 Å². The van der Waals surface area contributed by atoms with E-state index in [-0.39, 0.29) is 11.0 Å². The molecule has 0 fully saturated rings. The maximum absolute atomic E-state index is 5.62. The van der Waals surface area contributed by atoms with Crippen molar-refractivity contribution in [2.75, 3.05) is 21.3 Å². The highest BCUT2D eigenvalue weighted by molar-refractivity contribution is 6.32. The van der Waals surface area contributed by atoms with Gasteiger partial charge in [0.1, 0.15) is 7.85 Å². The monoisotopic (exact) mass is 214 g/mol. The van der Waals surface area contributed by atoms with Crippen LogP contribution in [0.5, 0.6) is 17.2 Å². The van der Waals surface area contributed by atoms with Gasteiger partial charge >= 0.3 is 0 Å². The lowest BCUT2D eigenvalue weighted by Crippen LogP contribution is -2.05. The van der Waals surface area contributed by atoms with E-state index in [9.17, 15) is 0 Å². The van der Waals surface area contributed by atoms with Gasteiger partial charge in [-0.15, -0.1) is 0 Å². The molecule has 1 aromatic rings. The van der Waals surface area contributed by atoms with Gasteiger partial charge in [0.05, 0.1) is 21.3 Å². The summed E-state index contributed by atoms with van der Waals surface area (Å²) in [6, 6.07) is 3.36. The molecule has 2 radical (unpaired) electrons. The van der Waals surface area contributed by atoms with E-state index in [1.165, 1.54) is 0 Å². The minimum Gasteiger partial charge on any atom is -0.493 e. The highest BCUT2D eigenvalue weighted by Gasteiger charge is 2.10. The summed E-state index contributed by atoms with van der Waals surface area (Å²) in [5.41, 5.74) is 0.578. The van der Waals surface area contributed by atoms with Crippen LogP contribution >= 0.6 is 0 Å². The Hall–Kier alpha value is -1.40. The van der Waals surface area contributed by atoms with Gasteiger partial charge in [0, 0.05) is 0 Å². The molecule has 0 aliphatic rings. The first-order valence-electron chi connectivity index (χ1n) is 3.78. The van der Waals surface area contributed by atoms with E-state index in [1.54, 1.807) is 33.5 Å². The van der Waals surface area contributed by atoms with Gasteiger partial charge in [-0.05, 0) is 12.1 Å². The second kappa shape index (κ2) is 6.97. The molecule has 6 heteroatoms. The highest BCUT2D eigenvalue weighted by Crippen LogP contribution is 2.35. The zero-order valence-corrected chi connectivity index (χ0v) is 8.96. The molecule has 0 atom stereocenters. The molecule has 1 aromatic carbocycles. The van der Waals surface area contributed by atoms with Crippen LogP contribution in [0.2, 0.25) is 0 Å². The summed E-state index contributed by atoms with van der Waals surface area (Å²) in [6.45, 7) is 0. The molecule has 4 N–H and O–H groups in total. The van der Waals surface area contributed by atoms with Crippen LogP contribution in [-0.2, 0) is 0 Å². The van der Waals surface area contributed by atoms with Gasteiger partial charge in [0.2, 0.25) is 5.75 Å². The average molecular weight is 214 g/mol. The standard InChI is InChI=1S/C9H11BO3.2H2O/c1-11-7-4-6(10)5-8(12-2)9(7)13-3;;/h4-5H,1-3H3;2*1H2. The van der Waals surface area contributed by atoms with E-state index in [2.05, 4.69) is 0 Å². The molecule has 84 valence electrons. The minimum atomic E-state index is 0. The Kier molecular flexibility index (Phi) is 7.46. The van der Waals surface area contributed by atoms with Crippen LogP contribution in [0.3, 0.4) is 0 Å². The van der Waals surface area contributed by atoms with Crippen molar-refractivity contribution in [2.45, 2.75) is 0 Å². The maximum atomic E-state index is 5.62. The number of methoxy groups -OCH3 is 3. The van der Waals surface area contributed by atoms with Crippen molar-refractivity contribution < 1.29 is 25.2 Å². The molecule has 0 unspecified atom stereocenters. The van der Waals surface area contributed by atoms with Gasteiger partial charge in [0.25, 0.3) is 0 Å². The molecule has 0 aliphatic carbocycles. The zero-order valence-electron chi connectivity index (χ0n) is 8.96. The third-order valence-electron chi connectivity index (χ3n) is 1.69. The van der Waals surface area contributed by atoms with Crippen LogP contribution < -0.4 is 19.7 Å². The third-order valence-corrected chi connectivity index (χ3v) is 1.69. The molecular weight excluding hydrogens is 199 g/mol. The smallest absolute Gasteiger partial charge is 0.203 e. The van der Waals surface area contributed by atoms with Gasteiger partial charge in [0.15, 0.2) is 11.5 Å². The lowest BCUT2D eigenvalue weighted by Gasteiger charge is -2.12. The molecule has 0 spiro atoms. The van der Waals surface area contributed by atoms with E-state index < -0.39 is 0 Å². The van der Waals surface area contributed by atoms with Crippen molar-refractivity contribution in [1.82, 2.24) is 0 Å². The predicted molar refractivity (Wildman–Crippen MR) is 58.7 cm³/mol. The Bertz CT molecular complexity index is 278. The van der Waals surface area contributed by atoms with Gasteiger partial charge < -0.3 is 25.2 Å². The Morgan fingerprint density at radius 3 is 1.53 bits per heavy atom. The number of ether oxygens (including phenoxy) is 3. The van der Waals surface area contributed by atoms with Crippen molar-refractivity contribution in [1.29, 1.82) is 0 Å².